The van der Waals surface area contributed by atoms with Crippen molar-refractivity contribution in [2.75, 3.05) is 70.6 Å². The predicted molar refractivity (Wildman–Crippen MR) is 136 cm³/mol. The van der Waals surface area contributed by atoms with Gasteiger partial charge in [0.25, 0.3) is 0 Å². The van der Waals surface area contributed by atoms with Crippen molar-refractivity contribution in [1.82, 2.24) is 24.7 Å². The number of anilines is 2. The SMILES string of the molecule is C[C@@H](Nc1nc(N2CCN(C(=O)N(C)CCN(C)C)CC2)ncc1Cl)c1ccc(Cl)cc1Cl. The van der Waals surface area contributed by atoms with Crippen molar-refractivity contribution >= 4 is 52.6 Å². The molecule has 1 atom stereocenters. The molecule has 33 heavy (non-hydrogen) atoms. The lowest BCUT2D eigenvalue weighted by Gasteiger charge is -2.37. The van der Waals surface area contributed by atoms with Gasteiger partial charge in [0.05, 0.1) is 12.2 Å². The van der Waals surface area contributed by atoms with Crippen molar-refractivity contribution in [2.45, 2.75) is 13.0 Å². The van der Waals surface area contributed by atoms with Gasteiger partial charge in [-0.2, -0.15) is 4.98 Å². The Labute approximate surface area is 210 Å². The summed E-state index contributed by atoms with van der Waals surface area (Å²) >= 11 is 18.7. The molecular weight excluding hydrogens is 485 g/mol. The Bertz CT molecular complexity index is 967. The average Bonchev–Trinajstić information content (AvgIpc) is 2.78. The van der Waals surface area contributed by atoms with Crippen molar-refractivity contribution in [3.8, 4) is 0 Å². The minimum absolute atomic E-state index is 0.0459. The Balaban J connectivity index is 1.62. The number of aromatic nitrogens is 2. The van der Waals surface area contributed by atoms with Gasteiger partial charge in [0, 0.05) is 56.4 Å². The summed E-state index contributed by atoms with van der Waals surface area (Å²) in [7, 11) is 5.83. The normalized spacial score (nSPS) is 15.0. The quantitative estimate of drug-likeness (QED) is 0.593. The van der Waals surface area contributed by atoms with Gasteiger partial charge in [0.2, 0.25) is 5.95 Å². The number of urea groups is 1. The van der Waals surface area contributed by atoms with Crippen LogP contribution >= 0.6 is 34.8 Å². The van der Waals surface area contributed by atoms with E-state index in [1.165, 1.54) is 0 Å². The molecule has 2 heterocycles. The van der Waals surface area contributed by atoms with Crippen LogP contribution < -0.4 is 10.2 Å². The van der Waals surface area contributed by atoms with E-state index in [0.717, 1.165) is 12.1 Å². The Morgan fingerprint density at radius 2 is 1.79 bits per heavy atom. The molecule has 0 bridgehead atoms. The van der Waals surface area contributed by atoms with E-state index in [9.17, 15) is 4.79 Å². The number of carbonyl (C=O) groups excluding carboxylic acids is 1. The molecule has 0 unspecified atom stereocenters. The molecule has 1 aromatic heterocycles. The molecule has 1 aliphatic rings. The number of rotatable bonds is 7. The van der Waals surface area contributed by atoms with Crippen LogP contribution in [0.4, 0.5) is 16.6 Å². The highest BCUT2D eigenvalue weighted by Gasteiger charge is 2.25. The van der Waals surface area contributed by atoms with Crippen LogP contribution in [-0.2, 0) is 0 Å². The maximum atomic E-state index is 12.7. The summed E-state index contributed by atoms with van der Waals surface area (Å²) in [4.78, 5) is 29.5. The minimum atomic E-state index is -0.137. The lowest BCUT2D eigenvalue weighted by molar-refractivity contribution is 0.156. The van der Waals surface area contributed by atoms with Crippen LogP contribution in [0, 0.1) is 0 Å². The number of benzene rings is 1. The van der Waals surface area contributed by atoms with Crippen LogP contribution in [0.15, 0.2) is 24.4 Å². The van der Waals surface area contributed by atoms with E-state index in [4.69, 9.17) is 34.8 Å². The summed E-state index contributed by atoms with van der Waals surface area (Å²) in [5.74, 6) is 1.10. The number of hydrogen-bond donors (Lipinski definition) is 1. The highest BCUT2D eigenvalue weighted by Crippen LogP contribution is 2.30. The third-order valence-electron chi connectivity index (χ3n) is 5.56. The van der Waals surface area contributed by atoms with E-state index in [2.05, 4.69) is 25.1 Å². The maximum Gasteiger partial charge on any atom is 0.319 e. The fourth-order valence-electron chi connectivity index (χ4n) is 3.53. The first-order valence-electron chi connectivity index (χ1n) is 10.8. The van der Waals surface area contributed by atoms with Gasteiger partial charge in [-0.15, -0.1) is 0 Å². The van der Waals surface area contributed by atoms with Crippen LogP contribution in [0.2, 0.25) is 15.1 Å². The first-order valence-corrected chi connectivity index (χ1v) is 11.9. The van der Waals surface area contributed by atoms with Crippen molar-refractivity contribution in [3.63, 3.8) is 0 Å². The zero-order valence-electron chi connectivity index (χ0n) is 19.4. The molecule has 3 rings (SSSR count). The molecule has 0 saturated carbocycles. The predicted octanol–water partition coefficient (Wildman–Crippen LogP) is 4.35. The fraction of sp³-hybridized carbons (Fsp3) is 0.500. The van der Waals surface area contributed by atoms with Crippen LogP contribution in [0.1, 0.15) is 18.5 Å². The molecule has 1 aromatic carbocycles. The third-order valence-corrected chi connectivity index (χ3v) is 6.39. The van der Waals surface area contributed by atoms with E-state index in [-0.39, 0.29) is 12.1 Å². The number of nitrogens with zero attached hydrogens (tertiary/aromatic N) is 6. The summed E-state index contributed by atoms with van der Waals surface area (Å²) in [5, 5.41) is 4.90. The third kappa shape index (κ3) is 6.76. The number of piperazine rings is 1. The molecule has 8 nitrogen and oxygen atoms in total. The van der Waals surface area contributed by atoms with Crippen LogP contribution in [0.5, 0.6) is 0 Å². The second kappa shape index (κ2) is 11.4. The van der Waals surface area contributed by atoms with Crippen LogP contribution in [0.3, 0.4) is 0 Å². The van der Waals surface area contributed by atoms with Gasteiger partial charge in [-0.05, 0) is 38.7 Å². The molecular formula is C22H30Cl3N7O. The fourth-order valence-corrected chi connectivity index (χ4v) is 4.25. The number of likely N-dealkylation sites (N-methyl/N-ethyl adjacent to an activating group) is 2. The Morgan fingerprint density at radius 3 is 2.42 bits per heavy atom. The molecule has 11 heteroatoms. The molecule has 1 fully saturated rings. The van der Waals surface area contributed by atoms with Crippen LogP contribution in [-0.4, -0.2) is 91.1 Å². The van der Waals surface area contributed by atoms with E-state index >= 15 is 0 Å². The van der Waals surface area contributed by atoms with Gasteiger partial charge in [-0.3, -0.25) is 0 Å². The molecule has 0 aliphatic carbocycles. The maximum absolute atomic E-state index is 12.7. The summed E-state index contributed by atoms with van der Waals surface area (Å²) < 4.78 is 0. The van der Waals surface area contributed by atoms with Gasteiger partial charge < -0.3 is 24.9 Å². The molecule has 1 aliphatic heterocycles. The zero-order valence-corrected chi connectivity index (χ0v) is 21.6. The molecule has 1 saturated heterocycles. The number of amides is 2. The number of carbonyl (C=O) groups is 1. The molecule has 180 valence electrons. The standard InChI is InChI=1S/C22H30Cl3N7O/c1-15(17-6-5-16(23)13-18(17)24)27-20-19(25)14-26-21(28-20)31-9-11-32(12-10-31)22(33)30(4)8-7-29(2)3/h5-6,13-15H,7-12H2,1-4H3,(H,26,27,28)/t15-/m1/s1. The van der Waals surface area contributed by atoms with Gasteiger partial charge in [0.15, 0.2) is 5.82 Å². The minimum Gasteiger partial charge on any atom is -0.362 e. The van der Waals surface area contributed by atoms with E-state index < -0.39 is 0 Å². The summed E-state index contributed by atoms with van der Waals surface area (Å²) in [6, 6.07) is 5.30. The summed E-state index contributed by atoms with van der Waals surface area (Å²) in [6.45, 7) is 6.00. The van der Waals surface area contributed by atoms with Gasteiger partial charge >= 0.3 is 6.03 Å². The van der Waals surface area contributed by atoms with Gasteiger partial charge in [-0.25, -0.2) is 9.78 Å². The Morgan fingerprint density at radius 1 is 1.09 bits per heavy atom. The van der Waals surface area contributed by atoms with Crippen LogP contribution in [0.25, 0.3) is 0 Å². The molecule has 0 spiro atoms. The number of halogens is 3. The second-order valence-electron chi connectivity index (χ2n) is 8.38. The van der Waals surface area contributed by atoms with E-state index in [0.29, 0.717) is 59.6 Å². The monoisotopic (exact) mass is 513 g/mol. The topological polar surface area (TPSA) is 67.8 Å². The van der Waals surface area contributed by atoms with Crippen molar-refractivity contribution in [3.05, 3.63) is 45.0 Å². The van der Waals surface area contributed by atoms with Crippen molar-refractivity contribution < 1.29 is 4.79 Å². The second-order valence-corrected chi connectivity index (χ2v) is 9.63. The van der Waals surface area contributed by atoms with Gasteiger partial charge in [-0.1, -0.05) is 40.9 Å². The van der Waals surface area contributed by atoms with Crippen molar-refractivity contribution in [1.29, 1.82) is 0 Å². The largest absolute Gasteiger partial charge is 0.362 e. The van der Waals surface area contributed by atoms with Crippen molar-refractivity contribution in [2.24, 2.45) is 0 Å². The Kier molecular flexibility index (Phi) is 8.87. The van der Waals surface area contributed by atoms with E-state index in [1.54, 1.807) is 23.2 Å². The summed E-state index contributed by atoms with van der Waals surface area (Å²) in [5.41, 5.74) is 0.891. The molecule has 2 aromatic rings. The average molecular weight is 515 g/mol. The van der Waals surface area contributed by atoms with Gasteiger partial charge in [0.1, 0.15) is 5.02 Å². The highest BCUT2D eigenvalue weighted by molar-refractivity contribution is 6.35. The number of hydrogen-bond acceptors (Lipinski definition) is 6. The molecule has 1 N–H and O–H groups in total. The first kappa shape index (κ1) is 25.6. The molecule has 2 amide bonds. The lowest BCUT2D eigenvalue weighted by atomic mass is 10.1. The smallest absolute Gasteiger partial charge is 0.319 e. The lowest BCUT2D eigenvalue weighted by Crippen LogP contribution is -2.53. The first-order chi connectivity index (χ1) is 15.7. The summed E-state index contributed by atoms with van der Waals surface area (Å²) in [6.07, 6.45) is 1.59. The molecule has 0 radical (unpaired) electrons. The van der Waals surface area contributed by atoms with E-state index in [1.807, 2.05) is 39.0 Å². The highest BCUT2D eigenvalue weighted by atomic mass is 35.5. The zero-order chi connectivity index (χ0) is 24.1. The number of nitrogens with one attached hydrogen (secondary N) is 1. The Hall–Kier alpha value is -2.00.